The number of hydrogen-bond acceptors (Lipinski definition) is 1. The summed E-state index contributed by atoms with van der Waals surface area (Å²) in [5, 5.41) is 4.30. The first-order chi connectivity index (χ1) is 15.2. The molecule has 4 aromatic rings. The third-order valence-electron chi connectivity index (χ3n) is 5.94. The summed E-state index contributed by atoms with van der Waals surface area (Å²) in [5.74, 6) is 0. The SMILES string of the molecule is Cc1ccc[c-]1-c1ccsc1.[Cl-].[Cl-].[Zr+2]=[C]1CCCCC1.[c-]1cccc2c1Cc1ccccc1-2. The van der Waals surface area contributed by atoms with Crippen molar-refractivity contribution in [1.82, 2.24) is 0 Å². The van der Waals surface area contributed by atoms with Crippen LogP contribution in [0.25, 0.3) is 22.3 Å². The predicted octanol–water partition coefficient (Wildman–Crippen LogP) is 2.18. The molecule has 0 radical (unpaired) electrons. The van der Waals surface area contributed by atoms with Gasteiger partial charge in [-0.05, 0) is 6.42 Å². The van der Waals surface area contributed by atoms with Gasteiger partial charge in [0, 0.05) is 0 Å². The Hall–Kier alpha value is -1.18. The second kappa shape index (κ2) is 14.3. The summed E-state index contributed by atoms with van der Waals surface area (Å²) in [6, 6.07) is 26.7. The van der Waals surface area contributed by atoms with Crippen LogP contribution in [0.15, 0.2) is 77.5 Å². The number of fused-ring (bicyclic) bond motifs is 3. The quantitative estimate of drug-likeness (QED) is 0.271. The number of rotatable bonds is 1. The molecule has 170 valence electrons. The zero-order chi connectivity index (χ0) is 21.5. The maximum atomic E-state index is 3.30. The molecular formula is C29H28Cl2SZr-2. The zero-order valence-electron chi connectivity index (χ0n) is 18.9. The van der Waals surface area contributed by atoms with E-state index in [-0.39, 0.29) is 24.8 Å². The van der Waals surface area contributed by atoms with Crippen LogP contribution < -0.4 is 24.8 Å². The second-order valence-corrected chi connectivity index (χ2v) is 10.7. The van der Waals surface area contributed by atoms with Crippen molar-refractivity contribution >= 4 is 14.5 Å². The molecule has 1 heterocycles. The number of halogens is 2. The van der Waals surface area contributed by atoms with Gasteiger partial charge in [-0.3, -0.25) is 0 Å². The van der Waals surface area contributed by atoms with E-state index in [0.29, 0.717) is 0 Å². The van der Waals surface area contributed by atoms with Gasteiger partial charge >= 0.3 is 59.5 Å². The van der Waals surface area contributed by atoms with E-state index < -0.39 is 0 Å². The van der Waals surface area contributed by atoms with Gasteiger partial charge in [-0.2, -0.15) is 35.9 Å². The van der Waals surface area contributed by atoms with Crippen molar-refractivity contribution in [2.45, 2.75) is 45.4 Å². The van der Waals surface area contributed by atoms with E-state index in [4.69, 9.17) is 0 Å². The molecule has 3 aromatic carbocycles. The van der Waals surface area contributed by atoms with Crippen LogP contribution in [0.5, 0.6) is 0 Å². The molecule has 0 aliphatic heterocycles. The van der Waals surface area contributed by atoms with Crippen LogP contribution >= 0.6 is 11.3 Å². The average molecular weight is 571 g/mol. The van der Waals surface area contributed by atoms with E-state index in [1.165, 1.54) is 71.0 Å². The Bertz CT molecular complexity index is 1080. The summed E-state index contributed by atoms with van der Waals surface area (Å²) < 4.78 is 1.80. The van der Waals surface area contributed by atoms with Crippen molar-refractivity contribution in [3.8, 4) is 22.3 Å². The molecule has 1 fully saturated rings. The molecule has 2 aliphatic rings. The van der Waals surface area contributed by atoms with Crippen molar-refractivity contribution < 1.29 is 49.0 Å². The molecule has 1 saturated carbocycles. The average Bonchev–Trinajstić information content (AvgIpc) is 3.55. The topological polar surface area (TPSA) is 0 Å². The minimum Gasteiger partial charge on any atom is -0.179 e. The van der Waals surface area contributed by atoms with E-state index in [2.05, 4.69) is 84.4 Å². The molecule has 0 spiro atoms. The molecule has 4 heteroatoms. The van der Waals surface area contributed by atoms with Crippen molar-refractivity contribution in [2.75, 3.05) is 0 Å². The Morgan fingerprint density at radius 1 is 0.879 bits per heavy atom. The third kappa shape index (κ3) is 7.66. The Balaban J connectivity index is 0.000000177. The van der Waals surface area contributed by atoms with Gasteiger partial charge in [-0.15, -0.1) is 34.9 Å². The molecule has 0 amide bonds. The van der Waals surface area contributed by atoms with Crippen LogP contribution in [0.1, 0.15) is 48.8 Å². The molecule has 0 atom stereocenters. The zero-order valence-corrected chi connectivity index (χ0v) is 23.7. The first kappa shape index (κ1) is 28.1. The van der Waals surface area contributed by atoms with Crippen LogP contribution in [-0.4, -0.2) is 3.21 Å². The number of benzene rings is 2. The fourth-order valence-electron chi connectivity index (χ4n) is 4.23. The van der Waals surface area contributed by atoms with Crippen molar-refractivity contribution in [2.24, 2.45) is 0 Å². The van der Waals surface area contributed by atoms with Gasteiger partial charge in [0.25, 0.3) is 0 Å². The summed E-state index contributed by atoms with van der Waals surface area (Å²) in [7, 11) is 0. The minimum absolute atomic E-state index is 0. The van der Waals surface area contributed by atoms with Crippen LogP contribution in [0, 0.1) is 13.0 Å². The summed E-state index contributed by atoms with van der Waals surface area (Å²) in [6.07, 6.45) is 8.36. The van der Waals surface area contributed by atoms with E-state index in [0.717, 1.165) is 6.42 Å². The number of thiophene rings is 1. The standard InChI is InChI=1S/C13H9.C10H9S.C6H10.2ClH.Zr/c1-3-7-12-10(5-1)9-11-6-2-4-8-13(11)12;1-8-3-2-4-10(8)9-5-6-11-7-9;1-2-4-6-5-3-1;;;/h1-5,7-8H,9H2;2-7H,1H3;1-5H2;2*1H;/q2*-1;;;;+2/p-2. The molecule has 0 unspecified atom stereocenters. The molecule has 6 rings (SSSR count). The van der Waals surface area contributed by atoms with Crippen LogP contribution in [0.2, 0.25) is 0 Å². The Morgan fingerprint density at radius 3 is 2.27 bits per heavy atom. The Kier molecular flexibility index (Phi) is 12.1. The molecule has 2 aliphatic carbocycles. The number of aryl methyl sites for hydroxylation is 1. The summed E-state index contributed by atoms with van der Waals surface area (Å²) in [5.41, 5.74) is 9.59. The van der Waals surface area contributed by atoms with Crippen LogP contribution in [-0.2, 0) is 30.7 Å². The molecular weight excluding hydrogens is 543 g/mol. The number of hydrogen-bond donors (Lipinski definition) is 0. The van der Waals surface area contributed by atoms with Crippen molar-refractivity contribution in [3.05, 3.63) is 100 Å². The van der Waals surface area contributed by atoms with Gasteiger partial charge in [0.05, 0.1) is 0 Å². The van der Waals surface area contributed by atoms with E-state index in [9.17, 15) is 0 Å². The monoisotopic (exact) mass is 568 g/mol. The minimum atomic E-state index is 0. The smallest absolute Gasteiger partial charge is 0.0253 e. The largest absolute Gasteiger partial charge is 0.179 e. The van der Waals surface area contributed by atoms with E-state index in [1.807, 2.05) is 6.07 Å². The third-order valence-corrected chi connectivity index (χ3v) is 7.85. The normalized spacial score (nSPS) is 13.1. The summed E-state index contributed by atoms with van der Waals surface area (Å²) >= 11 is 3.43. The van der Waals surface area contributed by atoms with Crippen LogP contribution in [0.4, 0.5) is 0 Å². The second-order valence-electron chi connectivity index (χ2n) is 8.19. The maximum Gasteiger partial charge on any atom is -0.0253 e. The fraction of sp³-hybridized carbons (Fsp3) is 0.241. The fourth-order valence-corrected chi connectivity index (χ4v) is 5.75. The molecule has 1 aromatic heterocycles. The Morgan fingerprint density at radius 2 is 1.64 bits per heavy atom. The molecule has 0 nitrogen and oxygen atoms in total. The van der Waals surface area contributed by atoms with Crippen molar-refractivity contribution in [3.63, 3.8) is 0 Å². The summed E-state index contributed by atoms with van der Waals surface area (Å²) in [4.78, 5) is 0. The predicted molar refractivity (Wildman–Crippen MR) is 132 cm³/mol. The Labute approximate surface area is 230 Å². The van der Waals surface area contributed by atoms with Gasteiger partial charge in [-0.25, -0.2) is 11.3 Å². The van der Waals surface area contributed by atoms with Gasteiger partial charge in [-0.1, -0.05) is 58.6 Å². The first-order valence-corrected chi connectivity index (χ1v) is 13.3. The van der Waals surface area contributed by atoms with Crippen molar-refractivity contribution in [1.29, 1.82) is 0 Å². The molecule has 0 N–H and O–H groups in total. The molecule has 0 bridgehead atoms. The molecule has 33 heavy (non-hydrogen) atoms. The van der Waals surface area contributed by atoms with Gasteiger partial charge in [0.15, 0.2) is 0 Å². The van der Waals surface area contributed by atoms with Gasteiger partial charge in [0.2, 0.25) is 0 Å². The van der Waals surface area contributed by atoms with Gasteiger partial charge < -0.3 is 24.8 Å². The van der Waals surface area contributed by atoms with E-state index in [1.54, 1.807) is 38.8 Å². The maximum absolute atomic E-state index is 3.30. The van der Waals surface area contributed by atoms with Crippen LogP contribution in [0.3, 0.4) is 0 Å². The van der Waals surface area contributed by atoms with E-state index >= 15 is 0 Å². The van der Waals surface area contributed by atoms with Gasteiger partial charge in [0.1, 0.15) is 0 Å². The molecule has 0 saturated heterocycles. The summed E-state index contributed by atoms with van der Waals surface area (Å²) in [6.45, 7) is 2.15. The first-order valence-electron chi connectivity index (χ1n) is 11.1.